The number of hydrogen-bond donors (Lipinski definition) is 0. The molecule has 3 aromatic rings. The van der Waals surface area contributed by atoms with Crippen LogP contribution in [0, 0.1) is 17.2 Å². The second-order valence-corrected chi connectivity index (χ2v) is 6.69. The molecule has 0 aliphatic heterocycles. The minimum absolute atomic E-state index is 0.563. The molecule has 4 heteroatoms. The Morgan fingerprint density at radius 1 is 1.22 bits per heavy atom. The molecular formula is C19H18N2OS. The molecule has 0 fully saturated rings. The number of nitriles is 1. The molecule has 1 aromatic heterocycles. The van der Waals surface area contributed by atoms with Crippen LogP contribution in [0.3, 0.4) is 0 Å². The Balaban J connectivity index is 1.80. The van der Waals surface area contributed by atoms with Crippen LogP contribution in [0.2, 0.25) is 0 Å². The third kappa shape index (κ3) is 3.52. The van der Waals surface area contributed by atoms with Crippen LogP contribution in [0.5, 0.6) is 5.75 Å². The lowest BCUT2D eigenvalue weighted by molar-refractivity contribution is 0.256. The fourth-order valence-corrected chi connectivity index (χ4v) is 3.18. The Labute approximate surface area is 140 Å². The van der Waals surface area contributed by atoms with Gasteiger partial charge in [0, 0.05) is 5.56 Å². The van der Waals surface area contributed by atoms with Crippen molar-refractivity contribution in [1.82, 2.24) is 4.98 Å². The van der Waals surface area contributed by atoms with E-state index in [1.165, 1.54) is 0 Å². The van der Waals surface area contributed by atoms with Crippen molar-refractivity contribution in [3.05, 3.63) is 48.0 Å². The van der Waals surface area contributed by atoms with Crippen molar-refractivity contribution in [3.8, 4) is 22.4 Å². The molecule has 2 aromatic carbocycles. The molecule has 0 aliphatic rings. The summed E-state index contributed by atoms with van der Waals surface area (Å²) in [6.45, 7) is 5.10. The largest absolute Gasteiger partial charge is 0.493 e. The normalized spacial score (nSPS) is 12.0. The molecule has 0 saturated carbocycles. The maximum absolute atomic E-state index is 8.98. The predicted octanol–water partition coefficient (Wildman–Crippen LogP) is 5.26. The number of nitrogens with zero attached hydrogens (tertiary/aromatic N) is 2. The standard InChI is InChI=1S/C19H18N2OS/c1-3-13(2)12-22-16-7-5-15(6-8-16)19-21-17-9-4-14(11-20)10-18(17)23-19/h4-10,13H,3,12H2,1-2H3. The number of aromatic nitrogens is 1. The van der Waals surface area contributed by atoms with Crippen molar-refractivity contribution < 1.29 is 4.74 Å². The first-order chi connectivity index (χ1) is 11.2. The van der Waals surface area contributed by atoms with Gasteiger partial charge in [0.05, 0.1) is 28.5 Å². The predicted molar refractivity (Wildman–Crippen MR) is 94.7 cm³/mol. The van der Waals surface area contributed by atoms with Gasteiger partial charge in [0.25, 0.3) is 0 Å². The van der Waals surface area contributed by atoms with Crippen molar-refractivity contribution in [1.29, 1.82) is 5.26 Å². The molecule has 0 N–H and O–H groups in total. The van der Waals surface area contributed by atoms with Gasteiger partial charge in [0.2, 0.25) is 0 Å². The van der Waals surface area contributed by atoms with E-state index in [2.05, 4.69) is 24.9 Å². The summed E-state index contributed by atoms with van der Waals surface area (Å²) in [6, 6.07) is 15.8. The van der Waals surface area contributed by atoms with Gasteiger partial charge in [0.15, 0.2) is 0 Å². The summed E-state index contributed by atoms with van der Waals surface area (Å²) < 4.78 is 6.82. The molecule has 116 valence electrons. The van der Waals surface area contributed by atoms with E-state index in [1.807, 2.05) is 36.4 Å². The van der Waals surface area contributed by atoms with Crippen LogP contribution in [0.25, 0.3) is 20.8 Å². The van der Waals surface area contributed by atoms with Gasteiger partial charge in [-0.25, -0.2) is 4.98 Å². The maximum atomic E-state index is 8.98. The number of ether oxygens (including phenoxy) is 1. The molecule has 0 spiro atoms. The molecule has 3 rings (SSSR count). The molecule has 0 radical (unpaired) electrons. The summed E-state index contributed by atoms with van der Waals surface area (Å²) in [4.78, 5) is 4.64. The van der Waals surface area contributed by atoms with Crippen LogP contribution in [0.4, 0.5) is 0 Å². The van der Waals surface area contributed by atoms with E-state index in [4.69, 9.17) is 10.00 Å². The average Bonchev–Trinajstić information content (AvgIpc) is 3.03. The number of rotatable bonds is 5. The lowest BCUT2D eigenvalue weighted by Gasteiger charge is -2.10. The van der Waals surface area contributed by atoms with Crippen molar-refractivity contribution in [2.75, 3.05) is 6.61 Å². The molecule has 23 heavy (non-hydrogen) atoms. The lowest BCUT2D eigenvalue weighted by Crippen LogP contribution is -2.06. The summed E-state index contributed by atoms with van der Waals surface area (Å²) in [5.41, 5.74) is 2.67. The fourth-order valence-electron chi connectivity index (χ4n) is 2.17. The zero-order chi connectivity index (χ0) is 16.2. The van der Waals surface area contributed by atoms with Crippen LogP contribution in [-0.2, 0) is 0 Å². The first kappa shape index (κ1) is 15.5. The molecule has 0 saturated heterocycles. The summed E-state index contributed by atoms with van der Waals surface area (Å²) in [6.07, 6.45) is 1.12. The van der Waals surface area contributed by atoms with Gasteiger partial charge in [0.1, 0.15) is 10.8 Å². The minimum atomic E-state index is 0.563. The SMILES string of the molecule is CCC(C)COc1ccc(-c2nc3ccc(C#N)cc3s2)cc1. The van der Waals surface area contributed by atoms with Gasteiger partial charge in [-0.1, -0.05) is 20.3 Å². The molecule has 1 heterocycles. The minimum Gasteiger partial charge on any atom is -0.493 e. The van der Waals surface area contributed by atoms with Crippen molar-refractivity contribution >= 4 is 21.6 Å². The van der Waals surface area contributed by atoms with Gasteiger partial charge in [-0.15, -0.1) is 11.3 Å². The van der Waals surface area contributed by atoms with E-state index in [-0.39, 0.29) is 0 Å². The van der Waals surface area contributed by atoms with Crippen LogP contribution in [0.15, 0.2) is 42.5 Å². The number of benzene rings is 2. The Hall–Kier alpha value is -2.38. The number of fused-ring (bicyclic) bond motifs is 1. The third-order valence-electron chi connectivity index (χ3n) is 3.85. The highest BCUT2D eigenvalue weighted by atomic mass is 32.1. The molecule has 1 unspecified atom stereocenters. The van der Waals surface area contributed by atoms with Gasteiger partial charge in [-0.2, -0.15) is 5.26 Å². The maximum Gasteiger partial charge on any atom is 0.124 e. The molecule has 3 nitrogen and oxygen atoms in total. The van der Waals surface area contributed by atoms with Crippen molar-refractivity contribution in [3.63, 3.8) is 0 Å². The van der Waals surface area contributed by atoms with E-state index in [0.717, 1.165) is 39.6 Å². The second-order valence-electron chi connectivity index (χ2n) is 5.66. The highest BCUT2D eigenvalue weighted by Crippen LogP contribution is 2.31. The van der Waals surface area contributed by atoms with Gasteiger partial charge < -0.3 is 4.74 Å². The molecule has 0 bridgehead atoms. The van der Waals surface area contributed by atoms with E-state index in [0.29, 0.717) is 11.5 Å². The van der Waals surface area contributed by atoms with E-state index >= 15 is 0 Å². The van der Waals surface area contributed by atoms with Crippen molar-refractivity contribution in [2.45, 2.75) is 20.3 Å². The zero-order valence-corrected chi connectivity index (χ0v) is 14.1. The molecule has 0 aliphatic carbocycles. The highest BCUT2D eigenvalue weighted by molar-refractivity contribution is 7.21. The van der Waals surface area contributed by atoms with E-state index in [9.17, 15) is 0 Å². The van der Waals surface area contributed by atoms with Gasteiger partial charge >= 0.3 is 0 Å². The summed E-state index contributed by atoms with van der Waals surface area (Å²) in [7, 11) is 0. The Morgan fingerprint density at radius 2 is 2.00 bits per heavy atom. The Kier molecular flexibility index (Phi) is 4.59. The Morgan fingerprint density at radius 3 is 2.70 bits per heavy atom. The van der Waals surface area contributed by atoms with Gasteiger partial charge in [-0.3, -0.25) is 0 Å². The van der Waals surface area contributed by atoms with Crippen LogP contribution >= 0.6 is 11.3 Å². The lowest BCUT2D eigenvalue weighted by atomic mass is 10.1. The third-order valence-corrected chi connectivity index (χ3v) is 4.92. The molecular weight excluding hydrogens is 304 g/mol. The quantitative estimate of drug-likeness (QED) is 0.643. The Bertz CT molecular complexity index is 846. The summed E-state index contributed by atoms with van der Waals surface area (Å²) in [5, 5.41) is 9.94. The van der Waals surface area contributed by atoms with E-state index < -0.39 is 0 Å². The smallest absolute Gasteiger partial charge is 0.124 e. The van der Waals surface area contributed by atoms with Crippen molar-refractivity contribution in [2.24, 2.45) is 5.92 Å². The van der Waals surface area contributed by atoms with Crippen LogP contribution < -0.4 is 4.74 Å². The number of hydrogen-bond acceptors (Lipinski definition) is 4. The van der Waals surface area contributed by atoms with Crippen LogP contribution in [-0.4, -0.2) is 11.6 Å². The topological polar surface area (TPSA) is 45.9 Å². The van der Waals surface area contributed by atoms with Gasteiger partial charge in [-0.05, 0) is 48.4 Å². The first-order valence-electron chi connectivity index (χ1n) is 7.73. The second kappa shape index (κ2) is 6.80. The molecule has 1 atom stereocenters. The summed E-state index contributed by atoms with van der Waals surface area (Å²) in [5.74, 6) is 1.45. The average molecular weight is 322 g/mol. The zero-order valence-electron chi connectivity index (χ0n) is 13.2. The highest BCUT2D eigenvalue weighted by Gasteiger charge is 2.08. The van der Waals surface area contributed by atoms with Crippen LogP contribution in [0.1, 0.15) is 25.8 Å². The van der Waals surface area contributed by atoms with E-state index in [1.54, 1.807) is 17.4 Å². The first-order valence-corrected chi connectivity index (χ1v) is 8.55. The summed E-state index contributed by atoms with van der Waals surface area (Å²) >= 11 is 1.60. The monoisotopic (exact) mass is 322 g/mol. The molecule has 0 amide bonds. The fraction of sp³-hybridized carbons (Fsp3) is 0.263. The number of thiazole rings is 1.